The smallest absolute Gasteiger partial charge is 0.150 e. The van der Waals surface area contributed by atoms with Crippen LogP contribution in [0, 0.1) is 0 Å². The van der Waals surface area contributed by atoms with Crippen molar-refractivity contribution in [3.63, 3.8) is 0 Å². The Kier molecular flexibility index (Phi) is 3.40. The first-order chi connectivity index (χ1) is 9.79. The van der Waals surface area contributed by atoms with Crippen molar-refractivity contribution >= 4 is 40.4 Å². The van der Waals surface area contributed by atoms with E-state index in [0.717, 1.165) is 28.3 Å². The second kappa shape index (κ2) is 5.35. The van der Waals surface area contributed by atoms with Gasteiger partial charge in [-0.25, -0.2) is 0 Å². The van der Waals surface area contributed by atoms with Crippen molar-refractivity contribution in [2.24, 2.45) is 0 Å². The van der Waals surface area contributed by atoms with Gasteiger partial charge >= 0.3 is 0 Å². The largest absolute Gasteiger partial charge is 0.361 e. The molecule has 0 aliphatic carbocycles. The molecular formula is C17H12ClNO. The Morgan fingerprint density at radius 1 is 1.05 bits per heavy atom. The van der Waals surface area contributed by atoms with E-state index in [2.05, 4.69) is 4.98 Å². The molecule has 0 aliphatic heterocycles. The summed E-state index contributed by atoms with van der Waals surface area (Å²) in [5.41, 5.74) is 3.34. The molecule has 1 N–H and O–H groups in total. The number of aromatic nitrogens is 1. The number of nitrogens with one attached hydrogen (secondary N) is 1. The van der Waals surface area contributed by atoms with Crippen molar-refractivity contribution in [3.8, 4) is 0 Å². The molecule has 0 bridgehead atoms. The molecule has 98 valence electrons. The van der Waals surface area contributed by atoms with Crippen molar-refractivity contribution in [3.05, 3.63) is 70.9 Å². The number of carbonyl (C=O) groups is 1. The number of hydrogen-bond acceptors (Lipinski definition) is 1. The van der Waals surface area contributed by atoms with Crippen LogP contribution in [0.15, 0.2) is 54.7 Å². The molecule has 3 rings (SSSR count). The van der Waals surface area contributed by atoms with E-state index < -0.39 is 0 Å². The van der Waals surface area contributed by atoms with Gasteiger partial charge in [0, 0.05) is 33.3 Å². The van der Waals surface area contributed by atoms with Crippen LogP contribution in [0.3, 0.4) is 0 Å². The Labute approximate surface area is 121 Å². The van der Waals surface area contributed by atoms with Crippen LogP contribution in [-0.4, -0.2) is 11.3 Å². The molecule has 2 nitrogen and oxygen atoms in total. The normalized spacial score (nSPS) is 11.8. The number of rotatable bonds is 3. The van der Waals surface area contributed by atoms with E-state index in [1.54, 1.807) is 0 Å². The van der Waals surface area contributed by atoms with Crippen LogP contribution < -0.4 is 0 Å². The van der Waals surface area contributed by atoms with Crippen LogP contribution in [-0.2, 0) is 4.79 Å². The highest BCUT2D eigenvalue weighted by atomic mass is 35.5. The highest BCUT2D eigenvalue weighted by Gasteiger charge is 2.08. The van der Waals surface area contributed by atoms with Gasteiger partial charge < -0.3 is 4.98 Å². The maximum atomic E-state index is 11.4. The third-order valence-electron chi connectivity index (χ3n) is 3.24. The minimum atomic E-state index is 0.607. The predicted octanol–water partition coefficient (Wildman–Crippen LogP) is 4.56. The molecule has 0 atom stereocenters. The van der Waals surface area contributed by atoms with Gasteiger partial charge in [-0.2, -0.15) is 0 Å². The van der Waals surface area contributed by atoms with Crippen LogP contribution in [0.25, 0.3) is 22.6 Å². The van der Waals surface area contributed by atoms with Crippen LogP contribution >= 0.6 is 11.6 Å². The number of allylic oxidation sites excluding steroid dienone is 1. The fourth-order valence-corrected chi connectivity index (χ4v) is 2.44. The summed E-state index contributed by atoms with van der Waals surface area (Å²) in [6.07, 6.45) is 4.52. The van der Waals surface area contributed by atoms with Crippen LogP contribution in [0.1, 0.15) is 11.1 Å². The molecule has 0 radical (unpaired) electrons. The maximum Gasteiger partial charge on any atom is 0.150 e. The molecule has 0 spiro atoms. The lowest BCUT2D eigenvalue weighted by Crippen LogP contribution is -1.85. The molecule has 3 aromatic rings. The van der Waals surface area contributed by atoms with E-state index in [-0.39, 0.29) is 0 Å². The Morgan fingerprint density at radius 2 is 1.80 bits per heavy atom. The quantitative estimate of drug-likeness (QED) is 0.554. The summed E-state index contributed by atoms with van der Waals surface area (Å²) in [4.78, 5) is 14.6. The number of halogens is 1. The topological polar surface area (TPSA) is 32.9 Å². The first-order valence-corrected chi connectivity index (χ1v) is 6.65. The fourth-order valence-electron chi connectivity index (χ4n) is 2.25. The lowest BCUT2D eigenvalue weighted by molar-refractivity contribution is -0.103. The van der Waals surface area contributed by atoms with E-state index in [1.165, 1.54) is 0 Å². The summed E-state index contributed by atoms with van der Waals surface area (Å²) < 4.78 is 0. The number of aldehydes is 1. The van der Waals surface area contributed by atoms with E-state index in [0.29, 0.717) is 10.6 Å². The van der Waals surface area contributed by atoms with Crippen molar-refractivity contribution < 1.29 is 4.79 Å². The second-order valence-corrected chi connectivity index (χ2v) is 4.89. The molecule has 1 heterocycles. The first kappa shape index (κ1) is 12.7. The summed E-state index contributed by atoms with van der Waals surface area (Å²) >= 11 is 6.14. The highest BCUT2D eigenvalue weighted by molar-refractivity contribution is 6.32. The SMILES string of the molecule is O=C/C(=C/c1ccccc1Cl)c1c[nH]c2ccccc12. The van der Waals surface area contributed by atoms with Gasteiger partial charge in [0.1, 0.15) is 0 Å². The van der Waals surface area contributed by atoms with Gasteiger partial charge in [-0.3, -0.25) is 4.79 Å². The zero-order chi connectivity index (χ0) is 13.9. The summed E-state index contributed by atoms with van der Waals surface area (Å²) in [7, 11) is 0. The third-order valence-corrected chi connectivity index (χ3v) is 3.59. The molecule has 0 unspecified atom stereocenters. The van der Waals surface area contributed by atoms with E-state index in [1.807, 2.05) is 60.8 Å². The summed E-state index contributed by atoms with van der Waals surface area (Å²) in [6.45, 7) is 0. The van der Waals surface area contributed by atoms with Gasteiger partial charge in [-0.15, -0.1) is 0 Å². The Bertz CT molecular complexity index is 801. The molecule has 0 aliphatic rings. The lowest BCUT2D eigenvalue weighted by Gasteiger charge is -2.01. The predicted molar refractivity (Wildman–Crippen MR) is 83.7 cm³/mol. The minimum Gasteiger partial charge on any atom is -0.361 e. The van der Waals surface area contributed by atoms with Crippen LogP contribution in [0.4, 0.5) is 0 Å². The number of benzene rings is 2. The number of H-pyrrole nitrogens is 1. The van der Waals surface area contributed by atoms with Crippen molar-refractivity contribution in [1.82, 2.24) is 4.98 Å². The molecule has 2 aromatic carbocycles. The second-order valence-electron chi connectivity index (χ2n) is 4.49. The maximum absolute atomic E-state index is 11.4. The van der Waals surface area contributed by atoms with E-state index in [4.69, 9.17) is 11.6 Å². The summed E-state index contributed by atoms with van der Waals surface area (Å²) in [6, 6.07) is 15.4. The molecule has 20 heavy (non-hydrogen) atoms. The molecule has 0 saturated carbocycles. The Balaban J connectivity index is 2.15. The van der Waals surface area contributed by atoms with Crippen molar-refractivity contribution in [2.45, 2.75) is 0 Å². The third kappa shape index (κ3) is 2.26. The molecule has 0 amide bonds. The van der Waals surface area contributed by atoms with Crippen LogP contribution in [0.2, 0.25) is 5.02 Å². The average Bonchev–Trinajstić information content (AvgIpc) is 2.90. The number of aromatic amines is 1. The van der Waals surface area contributed by atoms with E-state index >= 15 is 0 Å². The molecule has 3 heteroatoms. The highest BCUT2D eigenvalue weighted by Crippen LogP contribution is 2.27. The standard InChI is InChI=1S/C17H12ClNO/c18-16-7-3-1-5-12(16)9-13(11-20)15-10-19-17-8-4-2-6-14(15)17/h1-11,19H/b13-9-. The lowest BCUT2D eigenvalue weighted by atomic mass is 10.0. The molecule has 0 fully saturated rings. The number of carbonyl (C=O) groups excluding carboxylic acids is 1. The van der Waals surface area contributed by atoms with E-state index in [9.17, 15) is 4.79 Å². The van der Waals surface area contributed by atoms with Gasteiger partial charge in [0.2, 0.25) is 0 Å². The monoisotopic (exact) mass is 281 g/mol. The summed E-state index contributed by atoms with van der Waals surface area (Å²) in [5.74, 6) is 0. The van der Waals surface area contributed by atoms with Gasteiger partial charge in [0.25, 0.3) is 0 Å². The number of fused-ring (bicyclic) bond motifs is 1. The number of para-hydroxylation sites is 1. The van der Waals surface area contributed by atoms with Crippen molar-refractivity contribution in [1.29, 1.82) is 0 Å². The number of hydrogen-bond donors (Lipinski definition) is 1. The Hall–Kier alpha value is -2.32. The molecule has 0 saturated heterocycles. The zero-order valence-electron chi connectivity index (χ0n) is 10.6. The fraction of sp³-hybridized carbons (Fsp3) is 0. The molecule has 1 aromatic heterocycles. The van der Waals surface area contributed by atoms with Crippen LogP contribution in [0.5, 0.6) is 0 Å². The molecular weight excluding hydrogens is 270 g/mol. The minimum absolute atomic E-state index is 0.607. The first-order valence-electron chi connectivity index (χ1n) is 6.27. The summed E-state index contributed by atoms with van der Waals surface area (Å²) in [5, 5.41) is 1.66. The zero-order valence-corrected chi connectivity index (χ0v) is 11.4. The van der Waals surface area contributed by atoms with Gasteiger partial charge in [-0.1, -0.05) is 48.0 Å². The van der Waals surface area contributed by atoms with Crippen molar-refractivity contribution in [2.75, 3.05) is 0 Å². The van der Waals surface area contributed by atoms with Gasteiger partial charge in [0.15, 0.2) is 6.29 Å². The van der Waals surface area contributed by atoms with Gasteiger partial charge in [0.05, 0.1) is 0 Å². The van der Waals surface area contributed by atoms with Gasteiger partial charge in [-0.05, 0) is 23.8 Å². The average molecular weight is 282 g/mol. The Morgan fingerprint density at radius 3 is 2.60 bits per heavy atom.